The van der Waals surface area contributed by atoms with Gasteiger partial charge in [-0.2, -0.15) is 0 Å². The summed E-state index contributed by atoms with van der Waals surface area (Å²) in [6, 6.07) is 6.80. The lowest BCUT2D eigenvalue weighted by Crippen LogP contribution is -2.62. The third kappa shape index (κ3) is 5.07. The Balaban J connectivity index is 1.40. The largest absolute Gasteiger partial charge is 0.484 e. The van der Waals surface area contributed by atoms with E-state index in [1.807, 2.05) is 34.6 Å². The fourth-order valence-corrected chi connectivity index (χ4v) is 5.07. The van der Waals surface area contributed by atoms with Crippen LogP contribution in [0.3, 0.4) is 0 Å². The van der Waals surface area contributed by atoms with Crippen LogP contribution in [0.25, 0.3) is 22.6 Å². The van der Waals surface area contributed by atoms with Crippen molar-refractivity contribution in [3.63, 3.8) is 0 Å². The van der Waals surface area contributed by atoms with E-state index in [2.05, 4.69) is 20.3 Å². The monoisotopic (exact) mass is 497 g/mol. The van der Waals surface area contributed by atoms with Crippen LogP contribution in [0.4, 0.5) is 0 Å². The molecule has 1 amide bonds. The molecule has 0 atom stereocenters. The molecule has 1 aliphatic heterocycles. The van der Waals surface area contributed by atoms with Gasteiger partial charge in [0.1, 0.15) is 17.1 Å². The summed E-state index contributed by atoms with van der Waals surface area (Å²) in [4.78, 5) is 47.3. The quantitative estimate of drug-likeness (QED) is 0.457. The molecule has 3 heterocycles. The molecule has 1 radical (unpaired) electrons. The second-order valence-electron chi connectivity index (χ2n) is 10.6. The molecule has 0 spiro atoms. The predicted octanol–water partition coefficient (Wildman–Crippen LogP) is 2.35. The second-order valence-corrected chi connectivity index (χ2v) is 10.6. The van der Waals surface area contributed by atoms with Crippen LogP contribution in [0.1, 0.15) is 53.9 Å². The second kappa shape index (κ2) is 9.55. The number of amides is 1. The zero-order valence-corrected chi connectivity index (χ0v) is 21.3. The van der Waals surface area contributed by atoms with Crippen molar-refractivity contribution in [2.75, 3.05) is 6.61 Å². The Morgan fingerprint density at radius 2 is 1.75 bits per heavy atom. The summed E-state index contributed by atoms with van der Waals surface area (Å²) in [6.07, 6.45) is 1.78. The number of nitrogens with zero attached hydrogens (tertiary/aromatic N) is 3. The number of hydrogen-bond acceptors (Lipinski definition) is 6. The molecule has 11 heteroatoms. The Bertz CT molecular complexity index is 1350. The molecular weight excluding hydrogens is 464 g/mol. The summed E-state index contributed by atoms with van der Waals surface area (Å²) >= 11 is 0. The Kier molecular flexibility index (Phi) is 6.80. The number of ether oxygens (including phenoxy) is 1. The lowest BCUT2D eigenvalue weighted by Gasteiger charge is -2.49. The number of carbonyl (C=O) groups is 1. The average molecular weight is 498 g/mol. The van der Waals surface area contributed by atoms with Crippen LogP contribution in [0, 0.1) is 0 Å². The van der Waals surface area contributed by atoms with Gasteiger partial charge in [0.2, 0.25) is 0 Å². The van der Waals surface area contributed by atoms with Gasteiger partial charge in [-0.25, -0.2) is 9.78 Å². The number of hydrogen-bond donors (Lipinski definition) is 3. The minimum atomic E-state index is -0.566. The minimum Gasteiger partial charge on any atom is -0.484 e. The molecule has 1 aromatic carbocycles. The van der Waals surface area contributed by atoms with Crippen molar-refractivity contribution in [2.24, 2.45) is 0 Å². The van der Waals surface area contributed by atoms with Crippen molar-refractivity contribution in [1.82, 2.24) is 29.9 Å². The van der Waals surface area contributed by atoms with Crippen LogP contribution < -0.4 is 21.3 Å². The van der Waals surface area contributed by atoms with Gasteiger partial charge in [-0.15, -0.1) is 10.3 Å². The lowest BCUT2D eigenvalue weighted by atomic mass is 9.79. The van der Waals surface area contributed by atoms with Gasteiger partial charge in [0.05, 0.1) is 0 Å². The number of hydroxylamine groups is 2. The topological polar surface area (TPSA) is 145 Å². The summed E-state index contributed by atoms with van der Waals surface area (Å²) in [5.74, 6) is 0.685. The average Bonchev–Trinajstić information content (AvgIpc) is 3.23. The molecule has 0 saturated carbocycles. The number of H-pyrrole nitrogens is 2. The molecule has 193 valence electrons. The van der Waals surface area contributed by atoms with Crippen molar-refractivity contribution >= 4 is 17.1 Å². The number of piperidine rings is 1. The van der Waals surface area contributed by atoms with Gasteiger partial charge in [-0.1, -0.05) is 6.92 Å². The van der Waals surface area contributed by atoms with Crippen molar-refractivity contribution in [2.45, 2.75) is 77.5 Å². The third-order valence-corrected chi connectivity index (χ3v) is 6.53. The number of rotatable bonds is 7. The highest BCUT2D eigenvalue weighted by molar-refractivity contribution is 5.78. The van der Waals surface area contributed by atoms with E-state index in [4.69, 9.17) is 4.74 Å². The number of benzene rings is 1. The highest BCUT2D eigenvalue weighted by atomic mass is 16.5. The van der Waals surface area contributed by atoms with Crippen LogP contribution in [-0.4, -0.2) is 54.2 Å². The first-order valence-electron chi connectivity index (χ1n) is 12.1. The molecule has 4 rings (SSSR count). The standard InChI is InChI=1S/C25H33N6O5/c1-6-11-30-22(33)19-21(29-23(30)34)28-20(27-19)15-7-9-17(10-8-15)36-14-18(32)26-16-12-24(2,3)31(35)25(4,5)13-16/h7-10,16H,6,11-14H2,1-5H3,(H,26,32)(H,27,28)(H,29,34). The highest BCUT2D eigenvalue weighted by Gasteiger charge is 2.46. The Hall–Kier alpha value is -3.44. The lowest BCUT2D eigenvalue weighted by molar-refractivity contribution is -0.290. The maximum Gasteiger partial charge on any atom is 0.330 e. The highest BCUT2D eigenvalue weighted by Crippen LogP contribution is 2.37. The van der Waals surface area contributed by atoms with Gasteiger partial charge >= 0.3 is 5.69 Å². The smallest absolute Gasteiger partial charge is 0.330 e. The van der Waals surface area contributed by atoms with E-state index in [0.717, 1.165) is 9.63 Å². The Morgan fingerprint density at radius 3 is 2.36 bits per heavy atom. The zero-order valence-electron chi connectivity index (χ0n) is 21.3. The molecule has 1 aliphatic rings. The van der Waals surface area contributed by atoms with Crippen molar-refractivity contribution in [3.05, 3.63) is 45.1 Å². The molecule has 1 saturated heterocycles. The molecule has 36 heavy (non-hydrogen) atoms. The molecular formula is C25H33N6O5. The zero-order chi connectivity index (χ0) is 26.3. The number of aromatic amines is 2. The van der Waals surface area contributed by atoms with E-state index in [0.29, 0.717) is 42.9 Å². The first kappa shape index (κ1) is 25.6. The Morgan fingerprint density at radius 1 is 1.11 bits per heavy atom. The van der Waals surface area contributed by atoms with Gasteiger partial charge in [0.15, 0.2) is 12.3 Å². The van der Waals surface area contributed by atoms with E-state index in [9.17, 15) is 19.6 Å². The van der Waals surface area contributed by atoms with Crippen LogP contribution in [0.2, 0.25) is 0 Å². The van der Waals surface area contributed by atoms with Gasteiger partial charge in [0.25, 0.3) is 11.5 Å². The summed E-state index contributed by atoms with van der Waals surface area (Å²) in [6.45, 7) is 9.61. The maximum atomic E-state index is 12.6. The summed E-state index contributed by atoms with van der Waals surface area (Å²) in [7, 11) is 0. The number of imidazole rings is 1. The molecule has 1 fully saturated rings. The summed E-state index contributed by atoms with van der Waals surface area (Å²) in [5, 5.41) is 16.6. The maximum absolute atomic E-state index is 12.6. The van der Waals surface area contributed by atoms with Gasteiger partial charge in [0, 0.05) is 29.2 Å². The Labute approximate surface area is 208 Å². The van der Waals surface area contributed by atoms with Gasteiger partial charge < -0.3 is 15.0 Å². The molecule has 0 aliphatic carbocycles. The van der Waals surface area contributed by atoms with E-state index in [-0.39, 0.29) is 29.7 Å². The van der Waals surface area contributed by atoms with E-state index in [1.54, 1.807) is 24.3 Å². The molecule has 3 aromatic rings. The van der Waals surface area contributed by atoms with Crippen LogP contribution in [0.15, 0.2) is 33.9 Å². The van der Waals surface area contributed by atoms with Gasteiger partial charge in [-0.05, 0) is 71.2 Å². The minimum absolute atomic E-state index is 0.111. The van der Waals surface area contributed by atoms with Crippen LogP contribution in [0.5, 0.6) is 5.75 Å². The fourth-order valence-electron chi connectivity index (χ4n) is 5.07. The SMILES string of the molecule is CCCn1c(=O)[nH]c2nc(-c3ccc(OCC(=O)NC4CC(C)(C)N([O])C(C)(C)C4)cc3)[nH]c2c1=O. The normalized spacial score (nSPS) is 17.8. The molecule has 0 unspecified atom stereocenters. The molecule has 2 aromatic heterocycles. The third-order valence-electron chi connectivity index (χ3n) is 6.53. The molecule has 3 N–H and O–H groups in total. The number of aromatic nitrogens is 4. The number of carbonyl (C=O) groups excluding carboxylic acids is 1. The van der Waals surface area contributed by atoms with E-state index >= 15 is 0 Å². The van der Waals surface area contributed by atoms with Gasteiger partial charge in [-0.3, -0.25) is 19.1 Å². The molecule has 11 nitrogen and oxygen atoms in total. The van der Waals surface area contributed by atoms with Crippen molar-refractivity contribution < 1.29 is 14.7 Å². The van der Waals surface area contributed by atoms with E-state index in [1.165, 1.54) is 0 Å². The van der Waals surface area contributed by atoms with Crippen LogP contribution in [-0.2, 0) is 16.5 Å². The summed E-state index contributed by atoms with van der Waals surface area (Å²) < 4.78 is 6.80. The molecule has 0 bridgehead atoms. The van der Waals surface area contributed by atoms with Crippen molar-refractivity contribution in [3.8, 4) is 17.1 Å². The number of fused-ring (bicyclic) bond motifs is 1. The first-order valence-corrected chi connectivity index (χ1v) is 12.1. The summed E-state index contributed by atoms with van der Waals surface area (Å²) in [5.41, 5.74) is -0.887. The first-order chi connectivity index (χ1) is 16.9. The fraction of sp³-hybridized carbons (Fsp3) is 0.520. The van der Waals surface area contributed by atoms with E-state index < -0.39 is 22.3 Å². The van der Waals surface area contributed by atoms with Crippen LogP contribution >= 0.6 is 0 Å². The predicted molar refractivity (Wildman–Crippen MR) is 134 cm³/mol. The van der Waals surface area contributed by atoms with Crippen molar-refractivity contribution in [1.29, 1.82) is 0 Å². The number of nitrogens with one attached hydrogen (secondary N) is 3.